The summed E-state index contributed by atoms with van der Waals surface area (Å²) in [6.45, 7) is 5.41. The summed E-state index contributed by atoms with van der Waals surface area (Å²) in [7, 11) is 0. The fourth-order valence-electron chi connectivity index (χ4n) is 4.54. The van der Waals surface area contributed by atoms with Gasteiger partial charge in [-0.3, -0.25) is 14.5 Å². The minimum absolute atomic E-state index is 0.0489. The van der Waals surface area contributed by atoms with E-state index in [0.29, 0.717) is 62.2 Å². The third kappa shape index (κ3) is 4.78. The van der Waals surface area contributed by atoms with E-state index in [2.05, 4.69) is 4.90 Å². The highest BCUT2D eigenvalue weighted by Gasteiger charge is 2.27. The Morgan fingerprint density at radius 2 is 1.56 bits per heavy atom. The first-order valence-corrected chi connectivity index (χ1v) is 12.0. The topological polar surface area (TPSA) is 66.0 Å². The Labute approximate surface area is 203 Å². The number of hydrogen-bond donors (Lipinski definition) is 0. The van der Waals surface area contributed by atoms with Crippen LogP contribution in [0.5, 0.6) is 0 Å². The number of benzene rings is 2. The van der Waals surface area contributed by atoms with Gasteiger partial charge in [0.05, 0.1) is 36.5 Å². The lowest BCUT2D eigenvalue weighted by atomic mass is 10.0. The zero-order valence-electron chi connectivity index (χ0n) is 19.0. The highest BCUT2D eigenvalue weighted by molar-refractivity contribution is 6.33. The Hall–Kier alpha value is -3.00. The molecule has 0 bridgehead atoms. The molecule has 0 N–H and O–H groups in total. The van der Waals surface area contributed by atoms with E-state index in [1.165, 1.54) is 0 Å². The number of halogens is 1. The predicted molar refractivity (Wildman–Crippen MR) is 132 cm³/mol. The van der Waals surface area contributed by atoms with Gasteiger partial charge in [-0.05, 0) is 18.2 Å². The zero-order valence-corrected chi connectivity index (χ0v) is 19.7. The molecule has 0 radical (unpaired) electrons. The van der Waals surface area contributed by atoms with Crippen LogP contribution >= 0.6 is 11.6 Å². The molecular weight excluding hydrogens is 452 g/mol. The van der Waals surface area contributed by atoms with Gasteiger partial charge in [-0.15, -0.1) is 0 Å². The van der Waals surface area contributed by atoms with Crippen LogP contribution in [0.3, 0.4) is 0 Å². The number of para-hydroxylation sites is 1. The third-order valence-electron chi connectivity index (χ3n) is 6.48. The number of aromatic nitrogens is 1. The summed E-state index contributed by atoms with van der Waals surface area (Å²) in [5.74, 6) is 0.0662. The van der Waals surface area contributed by atoms with Crippen LogP contribution in [-0.4, -0.2) is 90.5 Å². The summed E-state index contributed by atoms with van der Waals surface area (Å²) in [6.07, 6.45) is 0. The number of fused-ring (bicyclic) bond motifs is 1. The summed E-state index contributed by atoms with van der Waals surface area (Å²) in [5.41, 5.74) is 2.82. The van der Waals surface area contributed by atoms with Gasteiger partial charge in [-0.1, -0.05) is 48.0 Å². The number of carbonyl (C=O) groups excluding carboxylic acids is 2. The van der Waals surface area contributed by atoms with Crippen molar-refractivity contribution in [1.82, 2.24) is 19.7 Å². The highest BCUT2D eigenvalue weighted by Crippen LogP contribution is 2.30. The van der Waals surface area contributed by atoms with Gasteiger partial charge in [0.15, 0.2) is 0 Å². The van der Waals surface area contributed by atoms with Crippen LogP contribution in [0.4, 0.5) is 0 Å². The molecule has 2 aliphatic heterocycles. The fourth-order valence-corrected chi connectivity index (χ4v) is 4.77. The molecule has 7 nitrogen and oxygen atoms in total. The Kier molecular flexibility index (Phi) is 6.76. The second kappa shape index (κ2) is 10.1. The minimum Gasteiger partial charge on any atom is -0.379 e. The van der Waals surface area contributed by atoms with E-state index < -0.39 is 0 Å². The molecule has 2 amide bonds. The van der Waals surface area contributed by atoms with E-state index >= 15 is 0 Å². The molecule has 1 aromatic heterocycles. The average Bonchev–Trinajstić information content (AvgIpc) is 2.88. The van der Waals surface area contributed by atoms with Crippen LogP contribution in [0.1, 0.15) is 10.4 Å². The summed E-state index contributed by atoms with van der Waals surface area (Å²) < 4.78 is 5.36. The summed E-state index contributed by atoms with van der Waals surface area (Å²) in [6, 6.07) is 17.0. The first-order valence-electron chi connectivity index (χ1n) is 11.6. The van der Waals surface area contributed by atoms with E-state index in [0.717, 1.165) is 29.6 Å². The van der Waals surface area contributed by atoms with Gasteiger partial charge in [-0.25, -0.2) is 4.98 Å². The minimum atomic E-state index is -0.0489. The molecule has 5 rings (SSSR count). The number of morpholine rings is 1. The van der Waals surface area contributed by atoms with Crippen LogP contribution in [-0.2, 0) is 9.53 Å². The van der Waals surface area contributed by atoms with Crippen LogP contribution in [0.15, 0.2) is 54.6 Å². The van der Waals surface area contributed by atoms with E-state index in [-0.39, 0.29) is 11.8 Å². The quantitative estimate of drug-likeness (QED) is 0.576. The van der Waals surface area contributed by atoms with Crippen molar-refractivity contribution in [2.24, 2.45) is 0 Å². The van der Waals surface area contributed by atoms with Gasteiger partial charge < -0.3 is 14.5 Å². The van der Waals surface area contributed by atoms with Gasteiger partial charge in [-0.2, -0.15) is 0 Å². The molecule has 2 aromatic carbocycles. The first-order chi connectivity index (χ1) is 16.6. The van der Waals surface area contributed by atoms with Crippen molar-refractivity contribution in [3.05, 3.63) is 65.2 Å². The van der Waals surface area contributed by atoms with Crippen LogP contribution in [0.2, 0.25) is 5.02 Å². The van der Waals surface area contributed by atoms with Gasteiger partial charge in [0.25, 0.3) is 5.91 Å². The van der Waals surface area contributed by atoms with Crippen molar-refractivity contribution in [2.75, 3.05) is 59.0 Å². The second-order valence-corrected chi connectivity index (χ2v) is 9.02. The predicted octanol–water partition coefficient (Wildman–Crippen LogP) is 3.17. The van der Waals surface area contributed by atoms with Crippen LogP contribution < -0.4 is 0 Å². The molecule has 0 atom stereocenters. The molecule has 0 unspecified atom stereocenters. The maximum atomic E-state index is 13.6. The smallest absolute Gasteiger partial charge is 0.254 e. The Morgan fingerprint density at radius 1 is 0.882 bits per heavy atom. The SMILES string of the molecule is O=C(CN1CCOCC1)N1CCN(C(=O)c2cc(-c3ccccc3Cl)nc3ccccc23)CC1. The number of pyridine rings is 1. The maximum Gasteiger partial charge on any atom is 0.254 e. The number of carbonyl (C=O) groups is 2. The van der Waals surface area contributed by atoms with Gasteiger partial charge in [0.2, 0.25) is 5.91 Å². The summed E-state index contributed by atoms with van der Waals surface area (Å²) in [5, 5.41) is 1.41. The van der Waals surface area contributed by atoms with E-state index in [1.54, 1.807) is 0 Å². The molecule has 8 heteroatoms. The third-order valence-corrected chi connectivity index (χ3v) is 6.81. The molecule has 0 aliphatic carbocycles. The molecule has 34 heavy (non-hydrogen) atoms. The number of piperazine rings is 1. The molecule has 0 saturated carbocycles. The molecule has 3 heterocycles. The van der Waals surface area contributed by atoms with Crippen molar-refractivity contribution in [3.63, 3.8) is 0 Å². The zero-order chi connectivity index (χ0) is 23.5. The summed E-state index contributed by atoms with van der Waals surface area (Å²) in [4.78, 5) is 36.9. The monoisotopic (exact) mass is 478 g/mol. The molecule has 176 valence electrons. The first kappa shape index (κ1) is 22.8. The summed E-state index contributed by atoms with van der Waals surface area (Å²) >= 11 is 6.42. The highest BCUT2D eigenvalue weighted by atomic mass is 35.5. The van der Waals surface area contributed by atoms with E-state index in [9.17, 15) is 9.59 Å². The van der Waals surface area contributed by atoms with Crippen molar-refractivity contribution in [2.45, 2.75) is 0 Å². The molecule has 2 aliphatic rings. The van der Waals surface area contributed by atoms with Gasteiger partial charge >= 0.3 is 0 Å². The van der Waals surface area contributed by atoms with Crippen LogP contribution in [0.25, 0.3) is 22.2 Å². The molecule has 0 spiro atoms. The number of hydrogen-bond acceptors (Lipinski definition) is 5. The molecule has 2 fully saturated rings. The lowest BCUT2D eigenvalue weighted by Gasteiger charge is -2.36. The Morgan fingerprint density at radius 3 is 2.32 bits per heavy atom. The molecular formula is C26H27ClN4O3. The van der Waals surface area contributed by atoms with Crippen molar-refractivity contribution in [3.8, 4) is 11.3 Å². The van der Waals surface area contributed by atoms with Crippen molar-refractivity contribution in [1.29, 1.82) is 0 Å². The fraction of sp³-hybridized carbons (Fsp3) is 0.346. The standard InChI is InChI=1S/C26H27ClN4O3/c27-22-7-3-1-6-20(22)24-17-21(19-5-2-4-8-23(19)28-24)26(33)31-11-9-30(10-12-31)25(32)18-29-13-15-34-16-14-29/h1-8,17H,9-16,18H2. The van der Waals surface area contributed by atoms with E-state index in [4.69, 9.17) is 21.3 Å². The normalized spacial score (nSPS) is 17.2. The van der Waals surface area contributed by atoms with Crippen molar-refractivity contribution >= 4 is 34.3 Å². The number of amides is 2. The molecule has 2 saturated heterocycles. The van der Waals surface area contributed by atoms with Gasteiger partial charge in [0.1, 0.15) is 0 Å². The van der Waals surface area contributed by atoms with E-state index in [1.807, 2.05) is 64.4 Å². The Balaban J connectivity index is 1.34. The maximum absolute atomic E-state index is 13.6. The number of nitrogens with zero attached hydrogens (tertiary/aromatic N) is 4. The largest absolute Gasteiger partial charge is 0.379 e. The Bertz CT molecular complexity index is 1200. The average molecular weight is 479 g/mol. The van der Waals surface area contributed by atoms with Gasteiger partial charge in [0, 0.05) is 55.2 Å². The lowest BCUT2D eigenvalue weighted by Crippen LogP contribution is -2.53. The van der Waals surface area contributed by atoms with Crippen LogP contribution in [0, 0.1) is 0 Å². The molecule has 3 aromatic rings. The van der Waals surface area contributed by atoms with Crippen molar-refractivity contribution < 1.29 is 14.3 Å². The second-order valence-electron chi connectivity index (χ2n) is 8.61. The number of rotatable bonds is 4. The lowest BCUT2D eigenvalue weighted by molar-refractivity contribution is -0.134. The number of ether oxygens (including phenoxy) is 1.